The summed E-state index contributed by atoms with van der Waals surface area (Å²) in [5.41, 5.74) is 5.81. The SMILES string of the molecule is CSCC[C@H](NC(=O)[C@@H](N)C(C)C)C(=O)N[C@@H](CC(C)C)C(=O)O. The number of nitrogens with two attached hydrogens (primary N) is 1. The third-order valence-corrected chi connectivity index (χ3v) is 4.23. The molecule has 0 radical (unpaired) electrons. The number of aliphatic carboxylic acids is 1. The first-order valence-corrected chi connectivity index (χ1v) is 9.57. The van der Waals surface area contributed by atoms with Gasteiger partial charge in [0.05, 0.1) is 6.04 Å². The first-order chi connectivity index (χ1) is 11.1. The van der Waals surface area contributed by atoms with Crippen LogP contribution in [0.4, 0.5) is 0 Å². The maximum Gasteiger partial charge on any atom is 0.326 e. The highest BCUT2D eigenvalue weighted by Crippen LogP contribution is 2.08. The van der Waals surface area contributed by atoms with Gasteiger partial charge in [0, 0.05) is 0 Å². The second-order valence-electron chi connectivity index (χ2n) is 6.64. The van der Waals surface area contributed by atoms with Crippen molar-refractivity contribution < 1.29 is 19.5 Å². The van der Waals surface area contributed by atoms with Crippen molar-refractivity contribution >= 4 is 29.5 Å². The number of nitrogens with one attached hydrogen (secondary N) is 2. The molecule has 0 saturated carbocycles. The molecule has 0 aliphatic carbocycles. The summed E-state index contributed by atoms with van der Waals surface area (Å²) in [6, 6.07) is -2.46. The molecule has 24 heavy (non-hydrogen) atoms. The minimum atomic E-state index is -1.08. The van der Waals surface area contributed by atoms with Crippen molar-refractivity contribution in [1.82, 2.24) is 10.6 Å². The normalized spacial score (nSPS) is 15.0. The van der Waals surface area contributed by atoms with Crippen LogP contribution in [0, 0.1) is 11.8 Å². The number of amides is 2. The second kappa shape index (κ2) is 11.3. The Labute approximate surface area is 148 Å². The van der Waals surface area contributed by atoms with Crippen molar-refractivity contribution in [2.45, 2.75) is 58.7 Å². The smallest absolute Gasteiger partial charge is 0.326 e. The molecular weight excluding hydrogens is 330 g/mol. The van der Waals surface area contributed by atoms with E-state index in [9.17, 15) is 19.5 Å². The van der Waals surface area contributed by atoms with Crippen LogP contribution in [0.5, 0.6) is 0 Å². The number of carbonyl (C=O) groups is 3. The molecule has 0 aliphatic heterocycles. The lowest BCUT2D eigenvalue weighted by atomic mass is 10.0. The predicted molar refractivity (Wildman–Crippen MR) is 96.8 cm³/mol. The highest BCUT2D eigenvalue weighted by molar-refractivity contribution is 7.98. The molecule has 0 unspecified atom stereocenters. The van der Waals surface area contributed by atoms with Gasteiger partial charge in [-0.15, -0.1) is 0 Å². The summed E-state index contributed by atoms with van der Waals surface area (Å²) >= 11 is 1.55. The Hall–Kier alpha value is -1.28. The summed E-state index contributed by atoms with van der Waals surface area (Å²) in [6.07, 6.45) is 2.64. The molecule has 5 N–H and O–H groups in total. The standard InChI is InChI=1S/C16H31N3O4S/c1-9(2)8-12(16(22)23)19-14(20)11(6-7-24-5)18-15(21)13(17)10(3)4/h9-13H,6-8,17H2,1-5H3,(H,18,21)(H,19,20)(H,22,23)/t11-,12-,13-/m0/s1. The highest BCUT2D eigenvalue weighted by atomic mass is 32.2. The second-order valence-corrected chi connectivity index (χ2v) is 7.63. The number of carboxylic acid groups (broad SMARTS) is 1. The van der Waals surface area contributed by atoms with Gasteiger partial charge < -0.3 is 21.5 Å². The van der Waals surface area contributed by atoms with Gasteiger partial charge in [0.25, 0.3) is 0 Å². The molecule has 0 aliphatic rings. The minimum Gasteiger partial charge on any atom is -0.480 e. The largest absolute Gasteiger partial charge is 0.480 e. The maximum atomic E-state index is 12.4. The van der Waals surface area contributed by atoms with Crippen molar-refractivity contribution in [3.8, 4) is 0 Å². The molecule has 0 spiro atoms. The molecule has 3 atom stereocenters. The Morgan fingerprint density at radius 3 is 2.00 bits per heavy atom. The fourth-order valence-corrected chi connectivity index (χ4v) is 2.51. The van der Waals surface area contributed by atoms with Crippen LogP contribution >= 0.6 is 11.8 Å². The highest BCUT2D eigenvalue weighted by Gasteiger charge is 2.28. The van der Waals surface area contributed by atoms with Crippen molar-refractivity contribution in [3.63, 3.8) is 0 Å². The van der Waals surface area contributed by atoms with Gasteiger partial charge in [-0.2, -0.15) is 11.8 Å². The van der Waals surface area contributed by atoms with E-state index < -0.39 is 35.9 Å². The fourth-order valence-electron chi connectivity index (χ4n) is 2.04. The maximum absolute atomic E-state index is 12.4. The summed E-state index contributed by atoms with van der Waals surface area (Å²) in [5.74, 6) is -1.23. The zero-order chi connectivity index (χ0) is 18.9. The van der Waals surface area contributed by atoms with Crippen LogP contribution in [0.25, 0.3) is 0 Å². The zero-order valence-electron chi connectivity index (χ0n) is 15.2. The van der Waals surface area contributed by atoms with Gasteiger partial charge in [-0.05, 0) is 36.7 Å². The first kappa shape index (κ1) is 22.7. The van der Waals surface area contributed by atoms with Gasteiger partial charge in [0.15, 0.2) is 0 Å². The molecule has 2 amide bonds. The molecule has 8 heteroatoms. The van der Waals surface area contributed by atoms with E-state index in [1.807, 2.05) is 34.0 Å². The molecule has 0 fully saturated rings. The molecule has 0 aromatic heterocycles. The van der Waals surface area contributed by atoms with E-state index in [1.54, 1.807) is 11.8 Å². The summed E-state index contributed by atoms with van der Waals surface area (Å²) in [7, 11) is 0. The number of thioether (sulfide) groups is 1. The van der Waals surface area contributed by atoms with E-state index >= 15 is 0 Å². The minimum absolute atomic E-state index is 0.0537. The van der Waals surface area contributed by atoms with Gasteiger partial charge in [-0.3, -0.25) is 9.59 Å². The molecule has 0 rings (SSSR count). The van der Waals surface area contributed by atoms with Crippen molar-refractivity contribution in [1.29, 1.82) is 0 Å². The van der Waals surface area contributed by atoms with E-state index in [-0.39, 0.29) is 11.8 Å². The number of hydrogen-bond acceptors (Lipinski definition) is 5. The van der Waals surface area contributed by atoms with Crippen molar-refractivity contribution in [3.05, 3.63) is 0 Å². The van der Waals surface area contributed by atoms with Crippen molar-refractivity contribution in [2.75, 3.05) is 12.0 Å². The van der Waals surface area contributed by atoms with Gasteiger partial charge in [-0.25, -0.2) is 4.79 Å². The molecule has 0 saturated heterocycles. The van der Waals surface area contributed by atoms with E-state index in [4.69, 9.17) is 5.73 Å². The van der Waals surface area contributed by atoms with Gasteiger partial charge >= 0.3 is 5.97 Å². The molecule has 7 nitrogen and oxygen atoms in total. The molecule has 0 heterocycles. The van der Waals surface area contributed by atoms with Gasteiger partial charge in [0.2, 0.25) is 11.8 Å². The van der Waals surface area contributed by atoms with Gasteiger partial charge in [0.1, 0.15) is 12.1 Å². The lowest BCUT2D eigenvalue weighted by Crippen LogP contribution is -2.55. The Morgan fingerprint density at radius 2 is 1.58 bits per heavy atom. The monoisotopic (exact) mass is 361 g/mol. The third-order valence-electron chi connectivity index (χ3n) is 3.59. The van der Waals surface area contributed by atoms with Crippen LogP contribution in [-0.2, 0) is 14.4 Å². The number of hydrogen-bond donors (Lipinski definition) is 4. The molecule has 140 valence electrons. The first-order valence-electron chi connectivity index (χ1n) is 8.18. The quantitative estimate of drug-likeness (QED) is 0.432. The van der Waals surface area contributed by atoms with Crippen LogP contribution in [0.15, 0.2) is 0 Å². The number of carbonyl (C=O) groups excluding carboxylic acids is 2. The predicted octanol–water partition coefficient (Wildman–Crippen LogP) is 0.823. The molecule has 0 bridgehead atoms. The fraction of sp³-hybridized carbons (Fsp3) is 0.812. The number of carboxylic acids is 1. The topological polar surface area (TPSA) is 122 Å². The third kappa shape index (κ3) is 8.54. The van der Waals surface area contributed by atoms with E-state index in [2.05, 4.69) is 10.6 Å². The van der Waals surface area contributed by atoms with Gasteiger partial charge in [-0.1, -0.05) is 27.7 Å². The summed E-state index contributed by atoms with van der Waals surface area (Å²) in [5, 5.41) is 14.4. The summed E-state index contributed by atoms with van der Waals surface area (Å²) in [6.45, 7) is 7.42. The molecule has 0 aromatic rings. The van der Waals surface area contributed by atoms with Crippen LogP contribution in [0.2, 0.25) is 0 Å². The Balaban J connectivity index is 4.97. The average Bonchev–Trinajstić information content (AvgIpc) is 2.48. The number of rotatable bonds is 11. The van der Waals surface area contributed by atoms with Crippen LogP contribution in [-0.4, -0.2) is 53.0 Å². The summed E-state index contributed by atoms with van der Waals surface area (Å²) in [4.78, 5) is 35.9. The Bertz CT molecular complexity index is 430. The Morgan fingerprint density at radius 1 is 1.04 bits per heavy atom. The Kier molecular flexibility index (Phi) is 10.7. The lowest BCUT2D eigenvalue weighted by molar-refractivity contribution is -0.142. The molecule has 0 aromatic carbocycles. The van der Waals surface area contributed by atoms with E-state index in [1.165, 1.54) is 0 Å². The van der Waals surface area contributed by atoms with E-state index in [0.29, 0.717) is 18.6 Å². The van der Waals surface area contributed by atoms with Crippen LogP contribution < -0.4 is 16.4 Å². The van der Waals surface area contributed by atoms with Crippen LogP contribution in [0.3, 0.4) is 0 Å². The molecular formula is C16H31N3O4S. The average molecular weight is 362 g/mol. The summed E-state index contributed by atoms with van der Waals surface area (Å²) < 4.78 is 0. The van der Waals surface area contributed by atoms with Crippen molar-refractivity contribution in [2.24, 2.45) is 17.6 Å². The lowest BCUT2D eigenvalue weighted by Gasteiger charge is -2.24. The van der Waals surface area contributed by atoms with Crippen LogP contribution in [0.1, 0.15) is 40.5 Å². The zero-order valence-corrected chi connectivity index (χ0v) is 16.0. The van der Waals surface area contributed by atoms with E-state index in [0.717, 1.165) is 0 Å².